The topological polar surface area (TPSA) is 35.3 Å². The van der Waals surface area contributed by atoms with Crippen molar-refractivity contribution in [3.63, 3.8) is 0 Å². The van der Waals surface area contributed by atoms with Crippen LogP contribution in [0.3, 0.4) is 0 Å². The van der Waals surface area contributed by atoms with Crippen molar-refractivity contribution in [1.29, 1.82) is 0 Å². The summed E-state index contributed by atoms with van der Waals surface area (Å²) in [7, 11) is 0. The molecule has 1 aromatic heterocycles. The molecule has 24 heavy (non-hydrogen) atoms. The fraction of sp³-hybridized carbons (Fsp3) is 0.571. The van der Waals surface area contributed by atoms with Crippen molar-refractivity contribution in [2.45, 2.75) is 71.6 Å². The SMILES string of the molecule is Cc1ccc(OCCCCCCCCCCc2cc(C)on2)cc1. The highest BCUT2D eigenvalue weighted by atomic mass is 16.5. The Morgan fingerprint density at radius 3 is 2.08 bits per heavy atom. The third-order valence-corrected chi connectivity index (χ3v) is 4.29. The molecule has 1 aromatic carbocycles. The second-order valence-electron chi connectivity index (χ2n) is 6.67. The van der Waals surface area contributed by atoms with Crippen LogP contribution in [0.1, 0.15) is 68.4 Å². The average Bonchev–Trinajstić information content (AvgIpc) is 2.99. The predicted molar refractivity (Wildman–Crippen MR) is 98.6 cm³/mol. The van der Waals surface area contributed by atoms with Crippen LogP contribution >= 0.6 is 0 Å². The maximum atomic E-state index is 5.75. The molecule has 2 aromatic rings. The molecule has 1 heterocycles. The monoisotopic (exact) mass is 329 g/mol. The van der Waals surface area contributed by atoms with Crippen molar-refractivity contribution in [1.82, 2.24) is 5.16 Å². The minimum Gasteiger partial charge on any atom is -0.494 e. The molecule has 0 fully saturated rings. The Kier molecular flexibility index (Phi) is 8.43. The molecule has 0 radical (unpaired) electrons. The summed E-state index contributed by atoms with van der Waals surface area (Å²) in [5.74, 6) is 1.90. The molecule has 0 aliphatic rings. The largest absolute Gasteiger partial charge is 0.494 e. The van der Waals surface area contributed by atoms with Crippen molar-refractivity contribution in [2.75, 3.05) is 6.61 Å². The first kappa shape index (κ1) is 18.6. The van der Waals surface area contributed by atoms with Crippen LogP contribution in [0, 0.1) is 13.8 Å². The van der Waals surface area contributed by atoms with E-state index in [2.05, 4.69) is 36.3 Å². The maximum Gasteiger partial charge on any atom is 0.133 e. The van der Waals surface area contributed by atoms with Gasteiger partial charge in [-0.1, -0.05) is 61.4 Å². The van der Waals surface area contributed by atoms with E-state index < -0.39 is 0 Å². The van der Waals surface area contributed by atoms with E-state index in [-0.39, 0.29) is 0 Å². The van der Waals surface area contributed by atoms with Crippen LogP contribution in [0.4, 0.5) is 0 Å². The van der Waals surface area contributed by atoms with Gasteiger partial charge in [-0.05, 0) is 45.2 Å². The Labute approximate surface area is 146 Å². The van der Waals surface area contributed by atoms with Crippen molar-refractivity contribution in [3.05, 3.63) is 47.3 Å². The normalized spacial score (nSPS) is 10.9. The maximum absolute atomic E-state index is 5.75. The number of ether oxygens (including phenoxy) is 1. The highest BCUT2D eigenvalue weighted by molar-refractivity contribution is 5.26. The van der Waals surface area contributed by atoms with E-state index in [4.69, 9.17) is 9.26 Å². The Morgan fingerprint density at radius 2 is 1.46 bits per heavy atom. The summed E-state index contributed by atoms with van der Waals surface area (Å²) in [4.78, 5) is 0. The molecular weight excluding hydrogens is 298 g/mol. The van der Waals surface area contributed by atoms with Gasteiger partial charge in [0.15, 0.2) is 0 Å². The van der Waals surface area contributed by atoms with Gasteiger partial charge in [0.2, 0.25) is 0 Å². The molecular formula is C21H31NO2. The molecule has 3 nitrogen and oxygen atoms in total. The lowest BCUT2D eigenvalue weighted by Crippen LogP contribution is -1.97. The van der Waals surface area contributed by atoms with Gasteiger partial charge in [0, 0.05) is 6.07 Å². The minimum atomic E-state index is 0.834. The lowest BCUT2D eigenvalue weighted by molar-refractivity contribution is 0.304. The number of unbranched alkanes of at least 4 members (excludes halogenated alkanes) is 7. The molecule has 0 aliphatic carbocycles. The fourth-order valence-corrected chi connectivity index (χ4v) is 2.83. The molecule has 0 bridgehead atoms. The Balaban J connectivity index is 1.36. The number of hydrogen-bond acceptors (Lipinski definition) is 3. The molecule has 2 rings (SSSR count). The first-order chi connectivity index (χ1) is 11.7. The first-order valence-corrected chi connectivity index (χ1v) is 9.36. The Hall–Kier alpha value is -1.77. The molecule has 0 unspecified atom stereocenters. The van der Waals surface area contributed by atoms with E-state index >= 15 is 0 Å². The average molecular weight is 329 g/mol. The Bertz CT molecular complexity index is 559. The zero-order valence-electron chi connectivity index (χ0n) is 15.2. The van der Waals surface area contributed by atoms with Crippen molar-refractivity contribution in [2.24, 2.45) is 0 Å². The lowest BCUT2D eigenvalue weighted by Gasteiger charge is -2.06. The van der Waals surface area contributed by atoms with Crippen LogP contribution in [-0.2, 0) is 6.42 Å². The second-order valence-corrected chi connectivity index (χ2v) is 6.67. The fourth-order valence-electron chi connectivity index (χ4n) is 2.83. The zero-order valence-corrected chi connectivity index (χ0v) is 15.2. The molecule has 0 saturated carbocycles. The number of hydrogen-bond donors (Lipinski definition) is 0. The zero-order chi connectivity index (χ0) is 17.0. The van der Waals surface area contributed by atoms with E-state index in [9.17, 15) is 0 Å². The summed E-state index contributed by atoms with van der Waals surface area (Å²) in [5, 5.41) is 4.03. The number of benzene rings is 1. The molecule has 0 atom stereocenters. The second kappa shape index (κ2) is 10.9. The molecule has 132 valence electrons. The summed E-state index contributed by atoms with van der Waals surface area (Å²) in [6.07, 6.45) is 11.3. The predicted octanol–water partition coefficient (Wildman–Crippen LogP) is 6.03. The summed E-state index contributed by atoms with van der Waals surface area (Å²) < 4.78 is 10.8. The third-order valence-electron chi connectivity index (χ3n) is 4.29. The third kappa shape index (κ3) is 7.67. The molecule has 0 N–H and O–H groups in total. The number of aromatic nitrogens is 1. The number of aryl methyl sites for hydroxylation is 3. The van der Waals surface area contributed by atoms with E-state index in [1.54, 1.807) is 0 Å². The summed E-state index contributed by atoms with van der Waals surface area (Å²) in [6, 6.07) is 10.3. The number of nitrogens with zero attached hydrogens (tertiary/aromatic N) is 1. The van der Waals surface area contributed by atoms with Crippen LogP contribution in [-0.4, -0.2) is 11.8 Å². The first-order valence-electron chi connectivity index (χ1n) is 9.36. The molecule has 3 heteroatoms. The van der Waals surface area contributed by atoms with Gasteiger partial charge in [0.25, 0.3) is 0 Å². The van der Waals surface area contributed by atoms with Gasteiger partial charge in [-0.15, -0.1) is 0 Å². The quantitative estimate of drug-likeness (QED) is 0.446. The van der Waals surface area contributed by atoms with E-state index in [0.717, 1.165) is 36.7 Å². The van der Waals surface area contributed by atoms with Gasteiger partial charge < -0.3 is 9.26 Å². The van der Waals surface area contributed by atoms with E-state index in [1.807, 2.05) is 13.0 Å². The summed E-state index contributed by atoms with van der Waals surface area (Å²) in [6.45, 7) is 4.88. The lowest BCUT2D eigenvalue weighted by atomic mass is 10.1. The molecule has 0 spiro atoms. The van der Waals surface area contributed by atoms with E-state index in [1.165, 1.54) is 50.5 Å². The van der Waals surface area contributed by atoms with Crippen molar-refractivity contribution < 1.29 is 9.26 Å². The van der Waals surface area contributed by atoms with E-state index in [0.29, 0.717) is 0 Å². The van der Waals surface area contributed by atoms with Gasteiger partial charge in [-0.3, -0.25) is 0 Å². The van der Waals surface area contributed by atoms with Crippen LogP contribution in [0.15, 0.2) is 34.9 Å². The number of rotatable bonds is 12. The van der Waals surface area contributed by atoms with Crippen molar-refractivity contribution >= 4 is 0 Å². The van der Waals surface area contributed by atoms with Gasteiger partial charge in [-0.2, -0.15) is 0 Å². The van der Waals surface area contributed by atoms with Crippen LogP contribution in [0.2, 0.25) is 0 Å². The highest BCUT2D eigenvalue weighted by Gasteiger charge is 2.00. The van der Waals surface area contributed by atoms with Crippen LogP contribution < -0.4 is 4.74 Å². The van der Waals surface area contributed by atoms with Crippen molar-refractivity contribution in [3.8, 4) is 5.75 Å². The summed E-state index contributed by atoms with van der Waals surface area (Å²) in [5.41, 5.74) is 2.37. The standard InChI is InChI=1S/C21H31NO2/c1-18-12-14-21(15-13-18)23-16-10-8-6-4-3-5-7-9-11-20-17-19(2)24-22-20/h12-15,17H,3-11,16H2,1-2H3. The van der Waals surface area contributed by atoms with Gasteiger partial charge in [0.05, 0.1) is 12.3 Å². The van der Waals surface area contributed by atoms with Crippen LogP contribution in [0.25, 0.3) is 0 Å². The molecule has 0 amide bonds. The minimum absolute atomic E-state index is 0.834. The van der Waals surface area contributed by atoms with Gasteiger partial charge in [0.1, 0.15) is 11.5 Å². The molecule has 0 aliphatic heterocycles. The summed E-state index contributed by atoms with van der Waals surface area (Å²) >= 11 is 0. The molecule has 0 saturated heterocycles. The van der Waals surface area contributed by atoms with Gasteiger partial charge in [-0.25, -0.2) is 0 Å². The highest BCUT2D eigenvalue weighted by Crippen LogP contribution is 2.14. The smallest absolute Gasteiger partial charge is 0.133 e. The van der Waals surface area contributed by atoms with Crippen LogP contribution in [0.5, 0.6) is 5.75 Å². The Morgan fingerprint density at radius 1 is 0.833 bits per heavy atom. The van der Waals surface area contributed by atoms with Gasteiger partial charge >= 0.3 is 0 Å².